The summed E-state index contributed by atoms with van der Waals surface area (Å²) in [5.74, 6) is 0.685. The molecule has 0 aliphatic rings. The Morgan fingerprint density at radius 1 is 1.21 bits per heavy atom. The third-order valence-corrected chi connectivity index (χ3v) is 2.53. The maximum atomic E-state index is 10.0. The molecule has 0 radical (unpaired) electrons. The molecule has 1 unspecified atom stereocenters. The van der Waals surface area contributed by atoms with Gasteiger partial charge in [-0.1, -0.05) is 20.8 Å². The summed E-state index contributed by atoms with van der Waals surface area (Å²) in [7, 11) is 0. The van der Waals surface area contributed by atoms with Crippen molar-refractivity contribution >= 4 is 0 Å². The van der Waals surface area contributed by atoms with Crippen LogP contribution in [0.4, 0.5) is 0 Å². The van der Waals surface area contributed by atoms with Crippen molar-refractivity contribution < 1.29 is 5.11 Å². The molecule has 2 N–H and O–H groups in total. The monoisotopic (exact) mass is 201 g/mol. The first-order valence-corrected chi connectivity index (χ1v) is 5.91. The van der Waals surface area contributed by atoms with Crippen molar-refractivity contribution in [2.45, 2.75) is 59.0 Å². The lowest BCUT2D eigenvalue weighted by atomic mass is 9.92. The van der Waals surface area contributed by atoms with Gasteiger partial charge >= 0.3 is 0 Å². The summed E-state index contributed by atoms with van der Waals surface area (Å²) in [6.45, 7) is 10.5. The first kappa shape index (κ1) is 13.9. The summed E-state index contributed by atoms with van der Waals surface area (Å²) in [6, 6.07) is 0. The second-order valence-corrected chi connectivity index (χ2v) is 4.93. The average molecular weight is 201 g/mol. The summed E-state index contributed by atoms with van der Waals surface area (Å²) in [4.78, 5) is 0. The van der Waals surface area contributed by atoms with Crippen molar-refractivity contribution in [3.63, 3.8) is 0 Å². The highest BCUT2D eigenvalue weighted by molar-refractivity contribution is 4.74. The van der Waals surface area contributed by atoms with Crippen molar-refractivity contribution in [1.29, 1.82) is 0 Å². The molecule has 0 aromatic carbocycles. The molecule has 1 atom stereocenters. The molecule has 0 aromatic rings. The van der Waals surface area contributed by atoms with Gasteiger partial charge in [-0.25, -0.2) is 0 Å². The molecule has 14 heavy (non-hydrogen) atoms. The van der Waals surface area contributed by atoms with E-state index in [2.05, 4.69) is 26.1 Å². The van der Waals surface area contributed by atoms with Crippen LogP contribution in [0.5, 0.6) is 0 Å². The quantitative estimate of drug-likeness (QED) is 0.592. The van der Waals surface area contributed by atoms with E-state index in [0.29, 0.717) is 5.92 Å². The predicted octanol–water partition coefficient (Wildman–Crippen LogP) is 2.56. The van der Waals surface area contributed by atoms with Crippen LogP contribution in [-0.4, -0.2) is 23.8 Å². The van der Waals surface area contributed by atoms with E-state index in [1.165, 1.54) is 0 Å². The van der Waals surface area contributed by atoms with E-state index >= 15 is 0 Å². The lowest BCUT2D eigenvalue weighted by Crippen LogP contribution is -2.30. The molecule has 0 aliphatic heterocycles. The van der Waals surface area contributed by atoms with E-state index in [0.717, 1.165) is 38.8 Å². The van der Waals surface area contributed by atoms with Crippen molar-refractivity contribution in [1.82, 2.24) is 5.32 Å². The minimum Gasteiger partial charge on any atom is -0.390 e. The second-order valence-electron chi connectivity index (χ2n) is 4.93. The Labute approximate surface area is 89.1 Å². The summed E-state index contributed by atoms with van der Waals surface area (Å²) < 4.78 is 0. The van der Waals surface area contributed by atoms with Crippen LogP contribution in [0.25, 0.3) is 0 Å². The highest BCUT2D eigenvalue weighted by Crippen LogP contribution is 2.19. The smallest absolute Gasteiger partial charge is 0.0632 e. The molecular weight excluding hydrogens is 174 g/mol. The van der Waals surface area contributed by atoms with Gasteiger partial charge in [0, 0.05) is 0 Å². The van der Waals surface area contributed by atoms with Gasteiger partial charge in [0.2, 0.25) is 0 Å². The van der Waals surface area contributed by atoms with Crippen LogP contribution in [0.1, 0.15) is 53.4 Å². The molecule has 0 spiro atoms. The van der Waals surface area contributed by atoms with E-state index < -0.39 is 5.60 Å². The van der Waals surface area contributed by atoms with Crippen molar-refractivity contribution in [3.8, 4) is 0 Å². The first-order valence-electron chi connectivity index (χ1n) is 5.91. The molecule has 0 bridgehead atoms. The third kappa shape index (κ3) is 8.52. The van der Waals surface area contributed by atoms with Crippen LogP contribution >= 0.6 is 0 Å². The normalized spacial score (nSPS) is 15.9. The molecule has 0 amide bonds. The van der Waals surface area contributed by atoms with Crippen molar-refractivity contribution in [3.05, 3.63) is 0 Å². The fraction of sp³-hybridized carbons (Fsp3) is 1.00. The van der Waals surface area contributed by atoms with E-state index in [1.54, 1.807) is 0 Å². The first-order chi connectivity index (χ1) is 6.48. The van der Waals surface area contributed by atoms with Crippen molar-refractivity contribution in [2.75, 3.05) is 13.1 Å². The molecule has 86 valence electrons. The zero-order chi connectivity index (χ0) is 11.0. The fourth-order valence-corrected chi connectivity index (χ4v) is 1.38. The molecule has 2 heteroatoms. The van der Waals surface area contributed by atoms with Crippen LogP contribution < -0.4 is 5.32 Å². The highest BCUT2D eigenvalue weighted by Gasteiger charge is 2.19. The predicted molar refractivity (Wildman–Crippen MR) is 62.5 cm³/mol. The topological polar surface area (TPSA) is 32.3 Å². The van der Waals surface area contributed by atoms with E-state index in [1.807, 2.05) is 6.92 Å². The lowest BCUT2D eigenvalue weighted by molar-refractivity contribution is 0.0370. The van der Waals surface area contributed by atoms with Crippen LogP contribution in [0.3, 0.4) is 0 Å². The summed E-state index contributed by atoms with van der Waals surface area (Å²) in [5, 5.41) is 13.3. The molecule has 0 aliphatic carbocycles. The Kier molecular flexibility index (Phi) is 7.20. The van der Waals surface area contributed by atoms with E-state index in [9.17, 15) is 5.11 Å². The molecule has 0 heterocycles. The molecule has 0 fully saturated rings. The van der Waals surface area contributed by atoms with Crippen LogP contribution in [-0.2, 0) is 0 Å². The Morgan fingerprint density at radius 2 is 1.86 bits per heavy atom. The average Bonchev–Trinajstić information content (AvgIpc) is 2.10. The minimum atomic E-state index is -0.481. The number of nitrogens with one attached hydrogen (secondary N) is 1. The van der Waals surface area contributed by atoms with Gasteiger partial charge in [-0.05, 0) is 51.6 Å². The minimum absolute atomic E-state index is 0.481. The molecule has 0 saturated carbocycles. The van der Waals surface area contributed by atoms with E-state index in [4.69, 9.17) is 0 Å². The van der Waals surface area contributed by atoms with Gasteiger partial charge in [0.1, 0.15) is 0 Å². The Hall–Kier alpha value is -0.0800. The molecule has 0 rings (SSSR count). The van der Waals surface area contributed by atoms with E-state index in [-0.39, 0.29) is 0 Å². The number of rotatable bonds is 8. The summed E-state index contributed by atoms with van der Waals surface area (Å²) in [6.07, 6.45) is 4.05. The summed E-state index contributed by atoms with van der Waals surface area (Å²) in [5.41, 5.74) is -0.481. The Bertz CT molecular complexity index is 132. The van der Waals surface area contributed by atoms with Gasteiger partial charge in [0.15, 0.2) is 0 Å². The molecular formula is C12H27NO. The largest absolute Gasteiger partial charge is 0.390 e. The van der Waals surface area contributed by atoms with Gasteiger partial charge in [0.05, 0.1) is 5.60 Å². The van der Waals surface area contributed by atoms with Crippen LogP contribution in [0.2, 0.25) is 0 Å². The van der Waals surface area contributed by atoms with Gasteiger partial charge < -0.3 is 10.4 Å². The van der Waals surface area contributed by atoms with Gasteiger partial charge in [-0.15, -0.1) is 0 Å². The standard InChI is InChI=1S/C12H27NO/c1-5-9-13-10-8-12(4,14)7-6-11(2)3/h11,13-14H,5-10H2,1-4H3. The van der Waals surface area contributed by atoms with Gasteiger partial charge in [-0.3, -0.25) is 0 Å². The molecule has 2 nitrogen and oxygen atoms in total. The maximum absolute atomic E-state index is 10.0. The number of hydrogen-bond acceptors (Lipinski definition) is 2. The van der Waals surface area contributed by atoms with Gasteiger partial charge in [-0.2, -0.15) is 0 Å². The highest BCUT2D eigenvalue weighted by atomic mass is 16.3. The number of hydrogen-bond donors (Lipinski definition) is 2. The molecule has 0 saturated heterocycles. The Morgan fingerprint density at radius 3 is 2.36 bits per heavy atom. The fourth-order valence-electron chi connectivity index (χ4n) is 1.38. The lowest BCUT2D eigenvalue weighted by Gasteiger charge is -2.24. The SMILES string of the molecule is CCCNCCC(C)(O)CCC(C)C. The van der Waals surface area contributed by atoms with Crippen molar-refractivity contribution in [2.24, 2.45) is 5.92 Å². The van der Waals surface area contributed by atoms with Crippen LogP contribution in [0, 0.1) is 5.92 Å². The van der Waals surface area contributed by atoms with Crippen LogP contribution in [0.15, 0.2) is 0 Å². The molecule has 0 aromatic heterocycles. The second kappa shape index (κ2) is 7.24. The summed E-state index contributed by atoms with van der Waals surface area (Å²) >= 11 is 0. The third-order valence-electron chi connectivity index (χ3n) is 2.53. The Balaban J connectivity index is 3.50. The zero-order valence-corrected chi connectivity index (χ0v) is 10.3. The van der Waals surface area contributed by atoms with Gasteiger partial charge in [0.25, 0.3) is 0 Å². The number of aliphatic hydroxyl groups is 1. The zero-order valence-electron chi connectivity index (χ0n) is 10.3. The maximum Gasteiger partial charge on any atom is 0.0632 e.